The molecule has 0 aliphatic carbocycles. The Hall–Kier alpha value is -2.03. The number of sulfonamides is 1. The van der Waals surface area contributed by atoms with Crippen LogP contribution in [0.25, 0.3) is 0 Å². The Morgan fingerprint density at radius 1 is 1.18 bits per heavy atom. The summed E-state index contributed by atoms with van der Waals surface area (Å²) >= 11 is 1.60. The number of rotatable bonds is 7. The first-order chi connectivity index (χ1) is 13.4. The smallest absolute Gasteiger partial charge is 0.262 e. The number of carbonyl (C=O) groups excluding carboxylic acids is 1. The maximum Gasteiger partial charge on any atom is 0.262 e. The molecule has 6 nitrogen and oxygen atoms in total. The SMILES string of the molecule is CSc1cccc(NC(=O)COc2ccc(S(=O)(=O)N3CCCC3)cc2C)c1. The van der Waals surface area contributed by atoms with Crippen LogP contribution in [0.2, 0.25) is 0 Å². The second-order valence-corrected chi connectivity index (χ2v) is 9.42. The third kappa shape index (κ3) is 4.87. The van der Waals surface area contributed by atoms with Gasteiger partial charge in [-0.15, -0.1) is 11.8 Å². The molecule has 1 aliphatic rings. The van der Waals surface area contributed by atoms with Gasteiger partial charge in [0.1, 0.15) is 5.75 Å². The van der Waals surface area contributed by atoms with Gasteiger partial charge in [-0.2, -0.15) is 4.31 Å². The molecule has 28 heavy (non-hydrogen) atoms. The van der Waals surface area contributed by atoms with E-state index in [1.807, 2.05) is 30.5 Å². The number of anilines is 1. The van der Waals surface area contributed by atoms with E-state index >= 15 is 0 Å². The number of carbonyl (C=O) groups is 1. The zero-order valence-corrected chi connectivity index (χ0v) is 17.6. The topological polar surface area (TPSA) is 75.7 Å². The fraction of sp³-hybridized carbons (Fsp3) is 0.350. The molecule has 1 saturated heterocycles. The molecule has 1 aliphatic heterocycles. The lowest BCUT2D eigenvalue weighted by molar-refractivity contribution is -0.118. The van der Waals surface area contributed by atoms with Crippen LogP contribution in [0.4, 0.5) is 5.69 Å². The third-order valence-electron chi connectivity index (χ3n) is 4.56. The molecular weight excluding hydrogens is 396 g/mol. The highest BCUT2D eigenvalue weighted by atomic mass is 32.2. The summed E-state index contributed by atoms with van der Waals surface area (Å²) in [6.07, 6.45) is 3.77. The second-order valence-electron chi connectivity index (χ2n) is 6.61. The van der Waals surface area contributed by atoms with E-state index in [0.717, 1.165) is 17.7 Å². The quantitative estimate of drug-likeness (QED) is 0.694. The molecule has 8 heteroatoms. The van der Waals surface area contributed by atoms with E-state index in [1.165, 1.54) is 10.4 Å². The van der Waals surface area contributed by atoms with Gasteiger partial charge in [0, 0.05) is 23.7 Å². The molecule has 0 spiro atoms. The Labute approximate surface area is 170 Å². The van der Waals surface area contributed by atoms with Crippen LogP contribution >= 0.6 is 11.8 Å². The Morgan fingerprint density at radius 2 is 1.93 bits per heavy atom. The average Bonchev–Trinajstić information content (AvgIpc) is 3.23. The Bertz CT molecular complexity index is 954. The van der Waals surface area contributed by atoms with Crippen molar-refractivity contribution < 1.29 is 17.9 Å². The van der Waals surface area contributed by atoms with Gasteiger partial charge in [0.15, 0.2) is 6.61 Å². The Balaban J connectivity index is 1.62. The summed E-state index contributed by atoms with van der Waals surface area (Å²) in [6.45, 7) is 2.76. The number of ether oxygens (including phenoxy) is 1. The minimum Gasteiger partial charge on any atom is -0.483 e. The summed E-state index contributed by atoms with van der Waals surface area (Å²) in [6, 6.07) is 12.3. The van der Waals surface area contributed by atoms with Crippen molar-refractivity contribution in [2.45, 2.75) is 29.6 Å². The van der Waals surface area contributed by atoms with Gasteiger partial charge in [0.2, 0.25) is 10.0 Å². The predicted molar refractivity (Wildman–Crippen MR) is 112 cm³/mol. The molecule has 1 heterocycles. The van der Waals surface area contributed by atoms with Crippen LogP contribution in [0.1, 0.15) is 18.4 Å². The van der Waals surface area contributed by atoms with Crippen LogP contribution in [-0.2, 0) is 14.8 Å². The lowest BCUT2D eigenvalue weighted by Gasteiger charge is -2.17. The van der Waals surface area contributed by atoms with Gasteiger partial charge in [-0.25, -0.2) is 8.42 Å². The number of benzene rings is 2. The summed E-state index contributed by atoms with van der Waals surface area (Å²) in [4.78, 5) is 13.5. The largest absolute Gasteiger partial charge is 0.483 e. The highest BCUT2D eigenvalue weighted by Gasteiger charge is 2.27. The molecule has 0 saturated carbocycles. The standard InChI is InChI=1S/C20H24N2O4S2/c1-15-12-18(28(24,25)22-10-3-4-11-22)8-9-19(15)26-14-20(23)21-16-6-5-7-17(13-16)27-2/h5-9,12-13H,3-4,10-11,14H2,1-2H3,(H,21,23). The maximum absolute atomic E-state index is 12.6. The van der Waals surface area contributed by atoms with Crippen molar-refractivity contribution >= 4 is 33.4 Å². The number of nitrogens with one attached hydrogen (secondary N) is 1. The Kier molecular flexibility index (Phi) is 6.64. The number of nitrogens with zero attached hydrogens (tertiary/aromatic N) is 1. The second kappa shape index (κ2) is 8.98. The fourth-order valence-corrected chi connectivity index (χ4v) is 5.13. The van der Waals surface area contributed by atoms with Gasteiger partial charge in [-0.05, 0) is 68.0 Å². The molecule has 150 valence electrons. The summed E-state index contributed by atoms with van der Waals surface area (Å²) < 4.78 is 32.4. The van der Waals surface area contributed by atoms with E-state index in [9.17, 15) is 13.2 Å². The van der Waals surface area contributed by atoms with E-state index in [4.69, 9.17) is 4.74 Å². The van der Waals surface area contributed by atoms with E-state index in [1.54, 1.807) is 30.8 Å². The summed E-state index contributed by atoms with van der Waals surface area (Å²) in [5.41, 5.74) is 1.39. The Morgan fingerprint density at radius 3 is 2.61 bits per heavy atom. The van der Waals surface area contributed by atoms with Gasteiger partial charge >= 0.3 is 0 Å². The van der Waals surface area contributed by atoms with Crippen molar-refractivity contribution in [3.05, 3.63) is 48.0 Å². The first-order valence-electron chi connectivity index (χ1n) is 9.07. The summed E-state index contributed by atoms with van der Waals surface area (Å²) in [5.74, 6) is 0.222. The zero-order valence-electron chi connectivity index (χ0n) is 16.0. The highest BCUT2D eigenvalue weighted by molar-refractivity contribution is 7.98. The lowest BCUT2D eigenvalue weighted by atomic mass is 10.2. The monoisotopic (exact) mass is 420 g/mol. The van der Waals surface area contributed by atoms with E-state index in [2.05, 4.69) is 5.32 Å². The summed E-state index contributed by atoms with van der Waals surface area (Å²) in [7, 11) is -3.46. The number of hydrogen-bond acceptors (Lipinski definition) is 5. The maximum atomic E-state index is 12.6. The molecule has 0 atom stereocenters. The van der Waals surface area contributed by atoms with Gasteiger partial charge < -0.3 is 10.1 Å². The van der Waals surface area contributed by atoms with Crippen molar-refractivity contribution in [3.8, 4) is 5.75 Å². The molecule has 2 aromatic carbocycles. The molecule has 0 unspecified atom stereocenters. The van der Waals surface area contributed by atoms with Crippen molar-refractivity contribution in [1.29, 1.82) is 0 Å². The molecule has 3 rings (SSSR count). The first kappa shape index (κ1) is 20.7. The van der Waals surface area contributed by atoms with Crippen LogP contribution in [-0.4, -0.2) is 44.6 Å². The normalized spacial score (nSPS) is 14.8. The zero-order chi connectivity index (χ0) is 20.1. The molecule has 1 fully saturated rings. The molecule has 0 aromatic heterocycles. The van der Waals surface area contributed by atoms with Crippen molar-refractivity contribution in [3.63, 3.8) is 0 Å². The van der Waals surface area contributed by atoms with Crippen molar-refractivity contribution in [1.82, 2.24) is 4.31 Å². The van der Waals surface area contributed by atoms with Crippen LogP contribution in [0.15, 0.2) is 52.3 Å². The minimum absolute atomic E-state index is 0.150. The highest BCUT2D eigenvalue weighted by Crippen LogP contribution is 2.26. The number of hydrogen-bond donors (Lipinski definition) is 1. The van der Waals surface area contributed by atoms with Crippen LogP contribution < -0.4 is 10.1 Å². The molecule has 0 radical (unpaired) electrons. The van der Waals surface area contributed by atoms with E-state index < -0.39 is 10.0 Å². The third-order valence-corrected chi connectivity index (χ3v) is 7.18. The number of aryl methyl sites for hydroxylation is 1. The minimum atomic E-state index is -3.46. The van der Waals surface area contributed by atoms with Gasteiger partial charge in [0.05, 0.1) is 4.90 Å². The number of amides is 1. The molecule has 1 amide bonds. The molecule has 1 N–H and O–H groups in total. The van der Waals surface area contributed by atoms with E-state index in [0.29, 0.717) is 30.1 Å². The number of thioether (sulfide) groups is 1. The first-order valence-corrected chi connectivity index (χ1v) is 11.7. The molecular formula is C20H24N2O4S2. The van der Waals surface area contributed by atoms with Crippen LogP contribution in [0.3, 0.4) is 0 Å². The van der Waals surface area contributed by atoms with Gasteiger partial charge in [-0.1, -0.05) is 6.07 Å². The van der Waals surface area contributed by atoms with Crippen molar-refractivity contribution in [2.75, 3.05) is 31.3 Å². The summed E-state index contributed by atoms with van der Waals surface area (Å²) in [5, 5.41) is 2.80. The fourth-order valence-electron chi connectivity index (χ4n) is 3.06. The van der Waals surface area contributed by atoms with Crippen molar-refractivity contribution in [2.24, 2.45) is 0 Å². The van der Waals surface area contributed by atoms with Crippen LogP contribution in [0.5, 0.6) is 5.75 Å². The lowest BCUT2D eigenvalue weighted by Crippen LogP contribution is -2.27. The molecule has 0 bridgehead atoms. The van der Waals surface area contributed by atoms with Crippen LogP contribution in [0, 0.1) is 6.92 Å². The average molecular weight is 421 g/mol. The van der Waals surface area contributed by atoms with Gasteiger partial charge in [0.25, 0.3) is 5.91 Å². The van der Waals surface area contributed by atoms with Gasteiger partial charge in [-0.3, -0.25) is 4.79 Å². The molecule has 2 aromatic rings. The van der Waals surface area contributed by atoms with E-state index in [-0.39, 0.29) is 17.4 Å². The predicted octanol–water partition coefficient (Wildman–Crippen LogP) is 3.52.